The Balaban J connectivity index is 1.37. The Labute approximate surface area is 215 Å². The number of likely N-dealkylation sites (N-methyl/N-ethyl adjacent to an activating group) is 1. The molecule has 0 bridgehead atoms. The van der Waals surface area contributed by atoms with E-state index < -0.39 is 11.8 Å². The number of aryl methyl sites for hydroxylation is 1. The average molecular weight is 507 g/mol. The number of anilines is 2. The molecule has 0 saturated carbocycles. The number of rotatable bonds is 4. The summed E-state index contributed by atoms with van der Waals surface area (Å²) >= 11 is 1.77. The summed E-state index contributed by atoms with van der Waals surface area (Å²) < 4.78 is 1.17. The zero-order valence-electron chi connectivity index (χ0n) is 21.2. The number of nitrogens with zero attached hydrogens (tertiary/aromatic N) is 4. The predicted molar refractivity (Wildman–Crippen MR) is 144 cm³/mol. The lowest BCUT2D eigenvalue weighted by Crippen LogP contribution is -2.46. The molecule has 9 heteroatoms. The maximum atomic E-state index is 13.4. The molecule has 5 rings (SSSR count). The van der Waals surface area contributed by atoms with Gasteiger partial charge in [-0.25, -0.2) is 9.97 Å². The zero-order valence-corrected chi connectivity index (χ0v) is 22.0. The highest BCUT2D eigenvalue weighted by Crippen LogP contribution is 2.37. The summed E-state index contributed by atoms with van der Waals surface area (Å²) in [4.78, 5) is 39.6. The number of carbonyl (C=O) groups is 2. The molecule has 190 valence electrons. The van der Waals surface area contributed by atoms with E-state index in [9.17, 15) is 9.59 Å². The van der Waals surface area contributed by atoms with Crippen LogP contribution >= 0.6 is 11.3 Å². The number of hydrogen-bond donors (Lipinski definition) is 2. The van der Waals surface area contributed by atoms with Crippen LogP contribution < -0.4 is 11.1 Å². The fourth-order valence-corrected chi connectivity index (χ4v) is 6.47. The molecule has 3 N–H and O–H groups in total. The van der Waals surface area contributed by atoms with Crippen LogP contribution in [-0.4, -0.2) is 58.3 Å². The molecule has 0 spiro atoms. The minimum absolute atomic E-state index is 0.151. The van der Waals surface area contributed by atoms with Crippen molar-refractivity contribution in [1.82, 2.24) is 19.8 Å². The van der Waals surface area contributed by atoms with E-state index in [0.29, 0.717) is 36.3 Å². The summed E-state index contributed by atoms with van der Waals surface area (Å²) in [6.07, 6.45) is 5.16. The number of hydrogen-bond acceptors (Lipinski definition) is 7. The van der Waals surface area contributed by atoms with Crippen molar-refractivity contribution in [3.8, 4) is 0 Å². The fraction of sp³-hybridized carbons (Fsp3) is 0.481. The lowest BCUT2D eigenvalue weighted by atomic mass is 9.89. The van der Waals surface area contributed by atoms with Gasteiger partial charge in [0.1, 0.15) is 5.82 Å². The van der Waals surface area contributed by atoms with Crippen LogP contribution in [0.3, 0.4) is 0 Å². The van der Waals surface area contributed by atoms with Gasteiger partial charge in [-0.15, -0.1) is 11.3 Å². The number of benzene rings is 1. The molecule has 36 heavy (non-hydrogen) atoms. The van der Waals surface area contributed by atoms with Gasteiger partial charge in [0.05, 0.1) is 33.2 Å². The molecule has 2 aliphatic rings. The molecule has 2 aliphatic heterocycles. The largest absolute Gasteiger partial charge is 0.383 e. The van der Waals surface area contributed by atoms with Crippen molar-refractivity contribution in [2.45, 2.75) is 51.5 Å². The molecular weight excluding hydrogens is 472 g/mol. The lowest BCUT2D eigenvalue weighted by Gasteiger charge is -2.38. The summed E-state index contributed by atoms with van der Waals surface area (Å²) in [6.45, 7) is 6.80. The summed E-state index contributed by atoms with van der Waals surface area (Å²) in [7, 11) is 2.16. The highest BCUT2D eigenvalue weighted by Gasteiger charge is 2.34. The van der Waals surface area contributed by atoms with E-state index in [4.69, 9.17) is 10.7 Å². The fourth-order valence-electron chi connectivity index (χ4n) is 5.39. The Morgan fingerprint density at radius 3 is 2.78 bits per heavy atom. The topological polar surface area (TPSA) is 104 Å². The number of pyridine rings is 1. The van der Waals surface area contributed by atoms with Crippen LogP contribution in [0.2, 0.25) is 0 Å². The van der Waals surface area contributed by atoms with Gasteiger partial charge in [-0.1, -0.05) is 19.9 Å². The van der Waals surface area contributed by atoms with E-state index in [1.807, 2.05) is 6.92 Å². The number of thiazole rings is 1. The SMILES string of the molecule is CCc1cc(NC(=O)C(=O)N2C[C@@H](C)CCC2c2ccc3sc(C4CCN(C)C4)nc3c2)cnc1N. The van der Waals surface area contributed by atoms with Gasteiger partial charge in [-0.2, -0.15) is 0 Å². The first kappa shape index (κ1) is 24.6. The third kappa shape index (κ3) is 4.95. The first-order chi connectivity index (χ1) is 17.3. The molecule has 2 fully saturated rings. The van der Waals surface area contributed by atoms with Gasteiger partial charge in [-0.3, -0.25) is 9.59 Å². The Morgan fingerprint density at radius 2 is 2.03 bits per heavy atom. The molecule has 2 unspecified atom stereocenters. The number of nitrogens with two attached hydrogens (primary N) is 1. The van der Waals surface area contributed by atoms with Crippen molar-refractivity contribution < 1.29 is 9.59 Å². The lowest BCUT2D eigenvalue weighted by molar-refractivity contribution is -0.146. The van der Waals surface area contributed by atoms with Gasteiger partial charge in [0.2, 0.25) is 0 Å². The van der Waals surface area contributed by atoms with Gasteiger partial charge in [0.15, 0.2) is 0 Å². The molecule has 0 radical (unpaired) electrons. The zero-order chi connectivity index (χ0) is 25.4. The highest BCUT2D eigenvalue weighted by atomic mass is 32.1. The van der Waals surface area contributed by atoms with E-state index in [0.717, 1.165) is 49.0 Å². The van der Waals surface area contributed by atoms with E-state index >= 15 is 0 Å². The molecular formula is C27H34N6O2S. The minimum atomic E-state index is -0.648. The molecule has 4 heterocycles. The number of amides is 2. The average Bonchev–Trinajstić information content (AvgIpc) is 3.50. The molecule has 2 amide bonds. The van der Waals surface area contributed by atoms with Crippen LogP contribution in [0.15, 0.2) is 30.5 Å². The van der Waals surface area contributed by atoms with E-state index in [1.165, 1.54) is 15.9 Å². The number of nitrogens with one attached hydrogen (secondary N) is 1. The molecule has 2 aromatic heterocycles. The van der Waals surface area contributed by atoms with Crippen molar-refractivity contribution in [2.75, 3.05) is 37.7 Å². The first-order valence-corrected chi connectivity index (χ1v) is 13.6. The summed E-state index contributed by atoms with van der Waals surface area (Å²) in [5, 5.41) is 3.93. The summed E-state index contributed by atoms with van der Waals surface area (Å²) in [6, 6.07) is 7.96. The van der Waals surface area contributed by atoms with E-state index in [-0.39, 0.29) is 6.04 Å². The number of piperidine rings is 1. The molecule has 3 atom stereocenters. The second-order valence-corrected chi connectivity index (χ2v) is 11.3. The van der Waals surface area contributed by atoms with Gasteiger partial charge in [-0.05, 0) is 74.5 Å². The molecule has 1 aromatic carbocycles. The summed E-state index contributed by atoms with van der Waals surface area (Å²) in [5.74, 6) is 0.0907. The number of nitrogen functional groups attached to an aromatic ring is 1. The predicted octanol–water partition coefficient (Wildman–Crippen LogP) is 4.19. The third-order valence-electron chi connectivity index (χ3n) is 7.47. The minimum Gasteiger partial charge on any atom is -0.383 e. The summed E-state index contributed by atoms with van der Waals surface area (Å²) in [5.41, 5.74) is 9.23. The van der Waals surface area contributed by atoms with Crippen LogP contribution in [0.1, 0.15) is 61.2 Å². The second kappa shape index (κ2) is 10.1. The van der Waals surface area contributed by atoms with Crippen LogP contribution in [0.25, 0.3) is 10.2 Å². The van der Waals surface area contributed by atoms with Crippen molar-refractivity contribution in [1.29, 1.82) is 0 Å². The number of fused-ring (bicyclic) bond motifs is 1. The maximum Gasteiger partial charge on any atom is 0.313 e. The van der Waals surface area contributed by atoms with Gasteiger partial charge >= 0.3 is 11.8 Å². The maximum absolute atomic E-state index is 13.4. The number of carbonyl (C=O) groups excluding carboxylic acids is 2. The van der Waals surface area contributed by atoms with E-state index in [2.05, 4.69) is 47.4 Å². The van der Waals surface area contributed by atoms with E-state index in [1.54, 1.807) is 22.3 Å². The van der Waals surface area contributed by atoms with Gasteiger partial charge < -0.3 is 20.9 Å². The van der Waals surface area contributed by atoms with Crippen molar-refractivity contribution in [3.63, 3.8) is 0 Å². The molecule has 2 saturated heterocycles. The van der Waals surface area contributed by atoms with Gasteiger partial charge in [0.25, 0.3) is 0 Å². The van der Waals surface area contributed by atoms with Crippen LogP contribution in [-0.2, 0) is 16.0 Å². The van der Waals surface area contributed by atoms with Gasteiger partial charge in [0, 0.05) is 19.0 Å². The third-order valence-corrected chi connectivity index (χ3v) is 8.67. The van der Waals surface area contributed by atoms with Crippen LogP contribution in [0.5, 0.6) is 0 Å². The Bertz CT molecular complexity index is 1290. The normalized spacial score (nSPS) is 22.8. The molecule has 0 aliphatic carbocycles. The first-order valence-electron chi connectivity index (χ1n) is 12.8. The Morgan fingerprint density at radius 1 is 1.19 bits per heavy atom. The standard InChI is InChI=1S/C27H34N6O2S/c1-4-17-11-20(13-29-24(17)28)30-25(34)27(35)33-14-16(2)5-7-22(33)18-6-8-23-21(12-18)31-26(36-23)19-9-10-32(3)15-19/h6,8,11-13,16,19,22H,4-5,7,9-10,14-15H2,1-3H3,(H2,28,29)(H,30,34)/t16-,19?,22?/m0/s1. The van der Waals surface area contributed by atoms with Crippen molar-refractivity contribution in [2.24, 2.45) is 5.92 Å². The molecule has 8 nitrogen and oxygen atoms in total. The second-order valence-electron chi connectivity index (χ2n) is 10.3. The monoisotopic (exact) mass is 506 g/mol. The molecule has 3 aromatic rings. The number of likely N-dealkylation sites (tertiary alicyclic amines) is 2. The Hall–Kier alpha value is -3.04. The Kier molecular flexibility index (Phi) is 6.94. The number of aromatic nitrogens is 2. The van der Waals surface area contributed by atoms with Crippen LogP contribution in [0.4, 0.5) is 11.5 Å². The van der Waals surface area contributed by atoms with Crippen LogP contribution in [0, 0.1) is 5.92 Å². The highest BCUT2D eigenvalue weighted by molar-refractivity contribution is 7.18. The van der Waals surface area contributed by atoms with Crippen molar-refractivity contribution >= 4 is 44.9 Å². The quantitative estimate of drug-likeness (QED) is 0.514. The smallest absolute Gasteiger partial charge is 0.313 e. The van der Waals surface area contributed by atoms with Crippen molar-refractivity contribution in [3.05, 3.63) is 46.6 Å².